The van der Waals surface area contributed by atoms with E-state index < -0.39 is 6.04 Å². The van der Waals surface area contributed by atoms with Crippen LogP contribution in [0.4, 0.5) is 0 Å². The molecule has 0 saturated carbocycles. The van der Waals surface area contributed by atoms with Gasteiger partial charge in [-0.25, -0.2) is 0 Å². The number of methoxy groups -OCH3 is 1. The van der Waals surface area contributed by atoms with Gasteiger partial charge in [-0.3, -0.25) is 4.79 Å². The van der Waals surface area contributed by atoms with Crippen LogP contribution in [0.2, 0.25) is 0 Å². The van der Waals surface area contributed by atoms with Crippen molar-refractivity contribution in [3.8, 4) is 0 Å². The molecule has 0 aliphatic rings. The van der Waals surface area contributed by atoms with E-state index >= 15 is 0 Å². The van der Waals surface area contributed by atoms with Crippen LogP contribution < -0.4 is 0 Å². The fourth-order valence-corrected chi connectivity index (χ4v) is 2.13. The van der Waals surface area contributed by atoms with E-state index in [0.717, 1.165) is 18.3 Å². The van der Waals surface area contributed by atoms with Crippen LogP contribution in [0.15, 0.2) is 30.3 Å². The van der Waals surface area contributed by atoms with E-state index in [1.807, 2.05) is 44.2 Å². The third kappa shape index (κ3) is 5.31. The molecule has 116 valence electrons. The second-order valence-corrected chi connectivity index (χ2v) is 5.25. The number of ether oxygens (including phenoxy) is 1. The van der Waals surface area contributed by atoms with E-state index in [4.69, 9.17) is 4.74 Å². The predicted molar refractivity (Wildman–Crippen MR) is 82.8 cm³/mol. The minimum absolute atomic E-state index is 0.0227. The molecule has 0 aliphatic carbocycles. The summed E-state index contributed by atoms with van der Waals surface area (Å²) in [4.78, 5) is 25.7. The largest absolute Gasteiger partial charge is 0.385 e. The van der Waals surface area contributed by atoms with Gasteiger partial charge in [0.05, 0.1) is 6.04 Å². The number of amides is 1. The van der Waals surface area contributed by atoms with Crippen molar-refractivity contribution in [1.82, 2.24) is 4.90 Å². The molecular weight excluding hydrogens is 266 g/mol. The molecule has 1 amide bonds. The molecule has 0 N–H and O–H groups in total. The highest BCUT2D eigenvalue weighted by molar-refractivity contribution is 5.81. The summed E-state index contributed by atoms with van der Waals surface area (Å²) in [6, 6.07) is 9.31. The van der Waals surface area contributed by atoms with Gasteiger partial charge in [-0.2, -0.15) is 0 Å². The maximum absolute atomic E-state index is 12.6. The van der Waals surface area contributed by atoms with Crippen LogP contribution in [0.25, 0.3) is 0 Å². The highest BCUT2D eigenvalue weighted by atomic mass is 16.5. The number of rotatable bonds is 9. The van der Waals surface area contributed by atoms with Gasteiger partial charge in [0, 0.05) is 26.2 Å². The Morgan fingerprint density at radius 2 is 2.00 bits per heavy atom. The van der Waals surface area contributed by atoms with E-state index in [1.54, 1.807) is 12.0 Å². The summed E-state index contributed by atoms with van der Waals surface area (Å²) >= 11 is 0. The number of hydrogen-bond acceptors (Lipinski definition) is 3. The summed E-state index contributed by atoms with van der Waals surface area (Å²) < 4.78 is 5.04. The number of aldehydes is 1. The van der Waals surface area contributed by atoms with Gasteiger partial charge in [0.2, 0.25) is 5.91 Å². The highest BCUT2D eigenvalue weighted by Crippen LogP contribution is 2.15. The number of carbonyl (C=O) groups excluding carboxylic acids is 2. The van der Waals surface area contributed by atoms with Crippen molar-refractivity contribution >= 4 is 12.2 Å². The van der Waals surface area contributed by atoms with Gasteiger partial charge in [-0.05, 0) is 18.4 Å². The second kappa shape index (κ2) is 9.29. The van der Waals surface area contributed by atoms with Crippen molar-refractivity contribution < 1.29 is 14.3 Å². The Labute approximate surface area is 127 Å². The van der Waals surface area contributed by atoms with Crippen molar-refractivity contribution in [2.75, 3.05) is 13.7 Å². The maximum atomic E-state index is 12.6. The Morgan fingerprint density at radius 3 is 2.52 bits per heavy atom. The Morgan fingerprint density at radius 1 is 1.33 bits per heavy atom. The zero-order chi connectivity index (χ0) is 15.7. The summed E-state index contributed by atoms with van der Waals surface area (Å²) in [5.41, 5.74) is 1.03. The molecule has 21 heavy (non-hydrogen) atoms. The average Bonchev–Trinajstić information content (AvgIpc) is 2.53. The summed E-state index contributed by atoms with van der Waals surface area (Å²) in [5, 5.41) is 0. The zero-order valence-corrected chi connectivity index (χ0v) is 13.1. The monoisotopic (exact) mass is 291 g/mol. The summed E-state index contributed by atoms with van der Waals surface area (Å²) in [5.74, 6) is -0.0618. The lowest BCUT2D eigenvalue weighted by Gasteiger charge is -2.30. The molecule has 0 aliphatic heterocycles. The van der Waals surface area contributed by atoms with Crippen LogP contribution in [0.1, 0.15) is 32.3 Å². The molecule has 0 saturated heterocycles. The summed E-state index contributed by atoms with van der Waals surface area (Å²) in [7, 11) is 1.60. The lowest BCUT2D eigenvalue weighted by molar-refractivity contribution is -0.141. The number of benzene rings is 1. The molecule has 1 aromatic rings. The number of carbonyl (C=O) groups is 2. The molecule has 0 aromatic heterocycles. The first-order valence-electron chi connectivity index (χ1n) is 7.42. The first kappa shape index (κ1) is 17.4. The molecule has 4 nitrogen and oxygen atoms in total. The van der Waals surface area contributed by atoms with E-state index in [0.29, 0.717) is 19.6 Å². The van der Waals surface area contributed by atoms with Gasteiger partial charge < -0.3 is 14.4 Å². The van der Waals surface area contributed by atoms with Gasteiger partial charge >= 0.3 is 0 Å². The van der Waals surface area contributed by atoms with Crippen LogP contribution >= 0.6 is 0 Å². The smallest absolute Gasteiger partial charge is 0.226 e. The van der Waals surface area contributed by atoms with Crippen molar-refractivity contribution in [2.24, 2.45) is 5.92 Å². The number of nitrogens with zero attached hydrogens (tertiary/aromatic N) is 1. The van der Waals surface area contributed by atoms with Crippen molar-refractivity contribution in [2.45, 2.75) is 39.3 Å². The Bertz CT molecular complexity index is 433. The van der Waals surface area contributed by atoms with Crippen LogP contribution in [-0.4, -0.2) is 36.9 Å². The quantitative estimate of drug-likeness (QED) is 0.657. The molecule has 0 radical (unpaired) electrons. The molecule has 2 atom stereocenters. The standard InChI is InChI=1S/C17H25NO3/c1-4-14(2)17(20)18(16(13-19)10-11-21-3)12-15-8-6-5-7-9-15/h5-9,13-14,16H,4,10-12H2,1-3H3/t14-,16?/m0/s1. The fraction of sp³-hybridized carbons (Fsp3) is 0.529. The molecule has 0 spiro atoms. The predicted octanol–water partition coefficient (Wildman–Crippen LogP) is 2.67. The molecule has 0 bridgehead atoms. The molecule has 1 rings (SSSR count). The van der Waals surface area contributed by atoms with Gasteiger partial charge in [-0.15, -0.1) is 0 Å². The van der Waals surface area contributed by atoms with Crippen LogP contribution in [0, 0.1) is 5.92 Å². The van der Waals surface area contributed by atoms with E-state index in [9.17, 15) is 9.59 Å². The molecule has 1 unspecified atom stereocenters. The van der Waals surface area contributed by atoms with Gasteiger partial charge in [-0.1, -0.05) is 44.2 Å². The Hall–Kier alpha value is -1.68. The summed E-state index contributed by atoms with van der Waals surface area (Å²) in [6.45, 7) is 4.80. The van der Waals surface area contributed by atoms with Crippen LogP contribution in [0.5, 0.6) is 0 Å². The van der Waals surface area contributed by atoms with Gasteiger partial charge in [0.15, 0.2) is 0 Å². The van der Waals surface area contributed by atoms with Crippen molar-refractivity contribution in [1.29, 1.82) is 0 Å². The van der Waals surface area contributed by atoms with E-state index in [-0.39, 0.29) is 11.8 Å². The van der Waals surface area contributed by atoms with Gasteiger partial charge in [0.25, 0.3) is 0 Å². The normalized spacial score (nSPS) is 13.5. The molecule has 1 aromatic carbocycles. The maximum Gasteiger partial charge on any atom is 0.226 e. The zero-order valence-electron chi connectivity index (χ0n) is 13.1. The average molecular weight is 291 g/mol. The fourth-order valence-electron chi connectivity index (χ4n) is 2.13. The molecule has 0 heterocycles. The lowest BCUT2D eigenvalue weighted by atomic mass is 10.0. The van der Waals surface area contributed by atoms with Crippen molar-refractivity contribution in [3.05, 3.63) is 35.9 Å². The number of hydrogen-bond donors (Lipinski definition) is 0. The Balaban J connectivity index is 2.92. The highest BCUT2D eigenvalue weighted by Gasteiger charge is 2.26. The molecular formula is C17H25NO3. The van der Waals surface area contributed by atoms with E-state index in [1.165, 1.54) is 0 Å². The van der Waals surface area contributed by atoms with Crippen molar-refractivity contribution in [3.63, 3.8) is 0 Å². The SMILES string of the molecule is CC[C@H](C)C(=O)N(Cc1ccccc1)C(C=O)CCOC. The topological polar surface area (TPSA) is 46.6 Å². The summed E-state index contributed by atoms with van der Waals surface area (Å²) in [6.07, 6.45) is 2.14. The first-order valence-corrected chi connectivity index (χ1v) is 7.42. The third-order valence-corrected chi connectivity index (χ3v) is 3.69. The van der Waals surface area contributed by atoms with Crippen LogP contribution in [-0.2, 0) is 20.9 Å². The minimum Gasteiger partial charge on any atom is -0.385 e. The first-order chi connectivity index (χ1) is 10.1. The second-order valence-electron chi connectivity index (χ2n) is 5.25. The molecule has 0 fully saturated rings. The molecule has 4 heteroatoms. The van der Waals surface area contributed by atoms with Crippen LogP contribution in [0.3, 0.4) is 0 Å². The Kier molecular flexibility index (Phi) is 7.69. The lowest BCUT2D eigenvalue weighted by Crippen LogP contribution is -2.44. The van der Waals surface area contributed by atoms with E-state index in [2.05, 4.69) is 0 Å². The van der Waals surface area contributed by atoms with Gasteiger partial charge in [0.1, 0.15) is 6.29 Å². The minimum atomic E-state index is -0.438. The third-order valence-electron chi connectivity index (χ3n) is 3.69.